The monoisotopic (exact) mass is 627 g/mol. The molecule has 6 rings (SSSR count). The van der Waals surface area contributed by atoms with Crippen LogP contribution < -0.4 is 5.32 Å². The average molecular weight is 628 g/mol. The quantitative estimate of drug-likeness (QED) is 0.389. The number of rotatable bonds is 11. The van der Waals surface area contributed by atoms with E-state index in [4.69, 9.17) is 14.2 Å². The number of sulfonamides is 1. The van der Waals surface area contributed by atoms with E-state index in [1.165, 1.54) is 21.3 Å². The molecule has 12 heteroatoms. The minimum absolute atomic E-state index is 0.0102. The Labute approximate surface area is 258 Å². The van der Waals surface area contributed by atoms with Crippen LogP contribution in [0.2, 0.25) is 0 Å². The summed E-state index contributed by atoms with van der Waals surface area (Å²) in [6.07, 6.45) is -0.952. The molecule has 3 heterocycles. The van der Waals surface area contributed by atoms with E-state index in [-0.39, 0.29) is 54.5 Å². The van der Waals surface area contributed by atoms with Crippen molar-refractivity contribution in [1.29, 1.82) is 0 Å². The van der Waals surface area contributed by atoms with Crippen LogP contribution in [0.15, 0.2) is 53.4 Å². The molecular weight excluding hydrogens is 586 g/mol. The van der Waals surface area contributed by atoms with Crippen molar-refractivity contribution >= 4 is 22.0 Å². The first-order valence-electron chi connectivity index (χ1n) is 15.3. The fourth-order valence-electron chi connectivity index (χ4n) is 6.93. The van der Waals surface area contributed by atoms with Crippen molar-refractivity contribution in [3.8, 4) is 0 Å². The van der Waals surface area contributed by atoms with Crippen LogP contribution in [0, 0.1) is 17.8 Å². The Hall–Kier alpha value is -3.03. The van der Waals surface area contributed by atoms with Gasteiger partial charge in [-0.15, -0.1) is 0 Å². The molecule has 2 aromatic carbocycles. The minimum Gasteiger partial charge on any atom is -0.443 e. The summed E-state index contributed by atoms with van der Waals surface area (Å²) < 4.78 is 46.8. The lowest BCUT2D eigenvalue weighted by molar-refractivity contribution is -0.153. The second-order valence-electron chi connectivity index (χ2n) is 12.9. The van der Waals surface area contributed by atoms with Crippen molar-refractivity contribution in [3.05, 3.63) is 65.2 Å². The predicted octanol–water partition coefficient (Wildman–Crippen LogP) is 2.77. The van der Waals surface area contributed by atoms with Crippen LogP contribution in [-0.4, -0.2) is 92.1 Å². The normalized spacial score (nSPS) is 27.1. The predicted molar refractivity (Wildman–Crippen MR) is 160 cm³/mol. The molecule has 3 bridgehead atoms. The molecule has 2 saturated heterocycles. The van der Waals surface area contributed by atoms with E-state index >= 15 is 0 Å². The van der Waals surface area contributed by atoms with E-state index < -0.39 is 34.4 Å². The summed E-state index contributed by atoms with van der Waals surface area (Å²) in [5, 5.41) is 14.4. The Bertz CT molecular complexity index is 1480. The maximum absolute atomic E-state index is 14.0. The fourth-order valence-corrected chi connectivity index (χ4v) is 8.58. The van der Waals surface area contributed by atoms with Crippen molar-refractivity contribution < 1.29 is 37.3 Å². The highest BCUT2D eigenvalue weighted by molar-refractivity contribution is 7.89. The summed E-state index contributed by atoms with van der Waals surface area (Å²) in [4.78, 5) is 27.4. The van der Waals surface area contributed by atoms with Gasteiger partial charge in [-0.05, 0) is 48.4 Å². The number of benzene rings is 2. The van der Waals surface area contributed by atoms with Gasteiger partial charge in [-0.25, -0.2) is 13.2 Å². The number of nitrogens with zero attached hydrogens (tertiary/aromatic N) is 2. The number of amides is 2. The first-order chi connectivity index (χ1) is 21.0. The van der Waals surface area contributed by atoms with Crippen LogP contribution in [0.4, 0.5) is 4.79 Å². The molecule has 5 unspecified atom stereocenters. The molecule has 0 spiro atoms. The van der Waals surface area contributed by atoms with Crippen molar-refractivity contribution in [1.82, 2.24) is 14.5 Å². The average Bonchev–Trinajstić information content (AvgIpc) is 3.45. The number of fused-ring (bicyclic) bond motifs is 3. The van der Waals surface area contributed by atoms with Gasteiger partial charge in [0.25, 0.3) is 5.91 Å². The van der Waals surface area contributed by atoms with Crippen molar-refractivity contribution in [2.45, 2.75) is 75.2 Å². The zero-order valence-electron chi connectivity index (χ0n) is 25.3. The highest BCUT2D eigenvalue weighted by Crippen LogP contribution is 2.46. The summed E-state index contributed by atoms with van der Waals surface area (Å²) in [5.41, 5.74) is 2.00. The molecule has 0 aromatic heterocycles. The summed E-state index contributed by atoms with van der Waals surface area (Å²) >= 11 is 0. The lowest BCUT2D eigenvalue weighted by atomic mass is 9.78. The molecule has 1 aliphatic carbocycles. The lowest BCUT2D eigenvalue weighted by Gasteiger charge is -2.37. The van der Waals surface area contributed by atoms with E-state index in [9.17, 15) is 23.1 Å². The maximum atomic E-state index is 14.0. The number of alkyl carbamates (subject to hydrolysis) is 1. The topological polar surface area (TPSA) is 135 Å². The molecular formula is C32H41N3O8S. The van der Waals surface area contributed by atoms with Gasteiger partial charge in [0.2, 0.25) is 10.0 Å². The SMILES string of the molecule is CC(C)CN(C[C@@H](O)[C@H](Cc1ccccc1)NC(=O)OC1C2COC3OC1CC3C2)S(=O)(=O)c1ccc2c(c1)C(=O)N(C)C2. The van der Waals surface area contributed by atoms with Crippen LogP contribution in [0.1, 0.15) is 48.2 Å². The Kier molecular flexibility index (Phi) is 8.73. The second-order valence-corrected chi connectivity index (χ2v) is 14.9. The van der Waals surface area contributed by atoms with Crippen LogP contribution in [0.5, 0.6) is 0 Å². The molecule has 3 fully saturated rings. The van der Waals surface area contributed by atoms with Gasteiger partial charge in [0.05, 0.1) is 29.8 Å². The van der Waals surface area contributed by atoms with E-state index in [1.807, 2.05) is 44.2 Å². The molecule has 2 aromatic rings. The molecule has 11 nitrogen and oxygen atoms in total. The Morgan fingerprint density at radius 2 is 1.91 bits per heavy atom. The van der Waals surface area contributed by atoms with Gasteiger partial charge in [0, 0.05) is 44.1 Å². The van der Waals surface area contributed by atoms with E-state index in [2.05, 4.69) is 5.32 Å². The van der Waals surface area contributed by atoms with Crippen molar-refractivity contribution in [2.24, 2.45) is 17.8 Å². The number of hydrogen-bond donors (Lipinski definition) is 2. The number of carbonyl (C=O) groups is 2. The van der Waals surface area contributed by atoms with Crippen LogP contribution in [0.25, 0.3) is 0 Å². The number of carbonyl (C=O) groups excluding carboxylic acids is 2. The first kappa shape index (κ1) is 31.0. The highest BCUT2D eigenvalue weighted by Gasteiger charge is 2.53. The molecule has 3 aliphatic heterocycles. The molecule has 1 saturated carbocycles. The van der Waals surface area contributed by atoms with Gasteiger partial charge < -0.3 is 29.5 Å². The maximum Gasteiger partial charge on any atom is 0.407 e. The summed E-state index contributed by atoms with van der Waals surface area (Å²) in [6, 6.07) is 13.1. The summed E-state index contributed by atoms with van der Waals surface area (Å²) in [6.45, 7) is 4.55. The van der Waals surface area contributed by atoms with Crippen LogP contribution in [-0.2, 0) is 37.2 Å². The Morgan fingerprint density at radius 1 is 1.14 bits per heavy atom. The molecule has 4 aliphatic rings. The molecule has 0 radical (unpaired) electrons. The third-order valence-corrected chi connectivity index (χ3v) is 10.9. The minimum atomic E-state index is -4.10. The Balaban J connectivity index is 1.21. The molecule has 2 amide bonds. The lowest BCUT2D eigenvalue weighted by Crippen LogP contribution is -2.53. The highest BCUT2D eigenvalue weighted by atomic mass is 32.2. The van der Waals surface area contributed by atoms with E-state index in [0.29, 0.717) is 24.6 Å². The largest absolute Gasteiger partial charge is 0.443 e. The number of aliphatic hydroxyl groups is 1. The van der Waals surface area contributed by atoms with Gasteiger partial charge in [0.1, 0.15) is 6.10 Å². The number of aliphatic hydroxyl groups excluding tert-OH is 1. The molecule has 7 atom stereocenters. The third kappa shape index (κ3) is 6.23. The van der Waals surface area contributed by atoms with E-state index in [0.717, 1.165) is 24.0 Å². The van der Waals surface area contributed by atoms with Crippen LogP contribution in [0.3, 0.4) is 0 Å². The zero-order chi connectivity index (χ0) is 31.2. The number of nitrogens with one attached hydrogen (secondary N) is 1. The first-order valence-corrected chi connectivity index (χ1v) is 16.8. The van der Waals surface area contributed by atoms with Gasteiger partial charge >= 0.3 is 6.09 Å². The van der Waals surface area contributed by atoms with Crippen LogP contribution >= 0.6 is 0 Å². The van der Waals surface area contributed by atoms with Crippen molar-refractivity contribution in [2.75, 3.05) is 26.7 Å². The van der Waals surface area contributed by atoms with Gasteiger partial charge in [-0.2, -0.15) is 4.31 Å². The fraction of sp³-hybridized carbons (Fsp3) is 0.562. The molecule has 238 valence electrons. The number of ether oxygens (including phenoxy) is 3. The summed E-state index contributed by atoms with van der Waals surface area (Å²) in [7, 11) is -2.42. The van der Waals surface area contributed by atoms with Gasteiger partial charge in [-0.1, -0.05) is 50.2 Å². The van der Waals surface area contributed by atoms with Gasteiger partial charge in [0.15, 0.2) is 6.29 Å². The standard InChI is InChI=1S/C32H41N3O8S/c1-19(2)15-35(44(39,40)24-10-9-21-16-34(3)30(37)25(21)14-24)17-27(36)26(11-20-7-5-4-6-8-20)33-32(38)43-29-23-12-22-13-28(29)42-31(22)41-18-23/h4-10,14,19,22-23,26-29,31,36H,11-13,15-18H2,1-3H3,(H,33,38)/t22?,23?,26-,27+,28?,29?,31?/m0/s1. The van der Waals surface area contributed by atoms with E-state index in [1.54, 1.807) is 13.1 Å². The number of hydrogen-bond acceptors (Lipinski definition) is 8. The molecule has 44 heavy (non-hydrogen) atoms. The Morgan fingerprint density at radius 3 is 2.66 bits per heavy atom. The third-order valence-electron chi connectivity index (χ3n) is 9.11. The summed E-state index contributed by atoms with van der Waals surface area (Å²) in [5.74, 6) is 0.0947. The zero-order valence-corrected chi connectivity index (χ0v) is 26.1. The van der Waals surface area contributed by atoms with Gasteiger partial charge in [-0.3, -0.25) is 4.79 Å². The smallest absolute Gasteiger partial charge is 0.407 e. The second kappa shape index (κ2) is 12.4. The molecule has 2 N–H and O–H groups in total. The van der Waals surface area contributed by atoms with Crippen molar-refractivity contribution in [3.63, 3.8) is 0 Å².